The Bertz CT molecular complexity index is 8010. The van der Waals surface area contributed by atoms with Crippen molar-refractivity contribution < 1.29 is 66.5 Å². The number of nitrogens with zero attached hydrogens (tertiary/aromatic N) is 8. The highest BCUT2D eigenvalue weighted by atomic mass is 16.5. The molecule has 0 fully saturated rings. The second-order valence-electron chi connectivity index (χ2n) is 43.9. The molecule has 0 saturated heterocycles. The maximum atomic E-state index is 13.3. The van der Waals surface area contributed by atoms with Gasteiger partial charge in [0.1, 0.15) is 71.6 Å². The van der Waals surface area contributed by atoms with Crippen molar-refractivity contribution in [3.8, 4) is 101 Å². The van der Waals surface area contributed by atoms with Crippen molar-refractivity contribution in [1.82, 2.24) is 39.9 Å². The first-order chi connectivity index (χ1) is 71.9. The second kappa shape index (κ2) is 40.0. The van der Waals surface area contributed by atoms with Gasteiger partial charge in [-0.15, -0.1) is 0 Å². The van der Waals surface area contributed by atoms with Gasteiger partial charge in [-0.3, -0.25) is 39.1 Å². The Labute approximate surface area is 873 Å². The number of aryl methyl sites for hydroxylation is 4. The van der Waals surface area contributed by atoms with Crippen molar-refractivity contribution in [2.75, 3.05) is 39.6 Å². The van der Waals surface area contributed by atoms with Crippen molar-refractivity contribution in [2.24, 2.45) is 0 Å². The number of Topliss-reactive ketones (excluding diaryl/α,β-unsaturated/α-hetero) is 4. The first-order valence-corrected chi connectivity index (χ1v) is 51.9. The number of hydrogen-bond acceptors (Lipinski definition) is 22. The summed E-state index contributed by atoms with van der Waals surface area (Å²) in [4.78, 5) is 89.2. The average Bonchev–Trinajstić information content (AvgIpc) is 1.58. The summed E-state index contributed by atoms with van der Waals surface area (Å²) in [5.41, 5.74) is 28.2. The number of ketones is 4. The van der Waals surface area contributed by atoms with Gasteiger partial charge in [0.05, 0.1) is 84.1 Å². The monoisotopic (exact) mass is 2000 g/mol. The van der Waals surface area contributed by atoms with Gasteiger partial charge in [-0.25, -0.2) is 19.9 Å². The molecule has 6 aliphatic rings. The third-order valence-corrected chi connectivity index (χ3v) is 29.0. The summed E-state index contributed by atoms with van der Waals surface area (Å²) >= 11 is 0. The minimum atomic E-state index is -0.732. The zero-order chi connectivity index (χ0) is 105. The summed E-state index contributed by atoms with van der Waals surface area (Å²) < 4.78 is 62.2. The van der Waals surface area contributed by atoms with Crippen LogP contribution in [0, 0.1) is 27.7 Å². The second-order valence-corrected chi connectivity index (χ2v) is 43.9. The molecule has 0 radical (unpaired) electrons. The lowest BCUT2D eigenvalue weighted by Gasteiger charge is -2.30. The van der Waals surface area contributed by atoms with E-state index < -0.39 is 46.8 Å². The SMILES string of the molecule is CC(=O)[C@@H](OC(C)(C)C)c1c(C)cc2c(C)c(-c3cncnc3)ccc2c1-c1ccc2c3c(ccnc13)CCO2.CC(=O)[C@@H](OC(C)(C)C)c1c(C)cc2c(C)c(-c3cncnc3)ccc2c1-c1ccc2c3c(ccnc13)CCO2.CC(=O)[C@@H](OC(C)(C)C)c1c2c(c3ccccc3c1-c1ccc3c4c(ccnc14)CCO3)OCC2.CC(=O)[C@@H](OC(C)(C)C)c1c2c(c3ccccc3c1-c1ccc3c4c(ccnc14)CCO3)OCC2. The Morgan fingerprint density at radius 1 is 0.287 bits per heavy atom. The van der Waals surface area contributed by atoms with Crippen molar-refractivity contribution in [3.63, 3.8) is 0 Å². The minimum Gasteiger partial charge on any atom is -0.493 e. The fourth-order valence-electron chi connectivity index (χ4n) is 23.0. The molecule has 4 atom stereocenters. The van der Waals surface area contributed by atoms with Gasteiger partial charge in [-0.05, 0) is 333 Å². The Kier molecular flexibility index (Phi) is 26.9. The zero-order valence-electron chi connectivity index (χ0n) is 88.9. The Balaban J connectivity index is 0.000000117. The molecule has 0 spiro atoms. The lowest BCUT2D eigenvalue weighted by Crippen LogP contribution is -2.27. The number of carbonyl (C=O) groups excluding carboxylic acids is 4. The van der Waals surface area contributed by atoms with Crippen LogP contribution >= 0.6 is 0 Å². The van der Waals surface area contributed by atoms with Crippen LogP contribution in [0.3, 0.4) is 0 Å². The molecule has 0 aliphatic carbocycles. The highest BCUT2D eigenvalue weighted by Gasteiger charge is 2.41. The Hall–Kier alpha value is -15.2. The van der Waals surface area contributed by atoms with Crippen LogP contribution in [-0.2, 0) is 76.7 Å². The molecule has 12 aromatic carbocycles. The third-order valence-electron chi connectivity index (χ3n) is 29.0. The normalized spacial score (nSPS) is 14.6. The number of ether oxygens (including phenoxy) is 10. The molecule has 0 unspecified atom stereocenters. The number of rotatable bonds is 18. The molecule has 0 saturated carbocycles. The largest absolute Gasteiger partial charge is 0.493 e. The van der Waals surface area contributed by atoms with Gasteiger partial charge >= 0.3 is 0 Å². The van der Waals surface area contributed by atoms with Gasteiger partial charge in [0, 0.05) is 176 Å². The molecular weight excluding hydrogens is 1870 g/mol. The fourth-order valence-corrected chi connectivity index (χ4v) is 23.0. The standard InChI is InChI=1S/2C34H33N3O3.2C30H29NO4/c2*1-19-15-27-20(2)24(23-16-35-18-36-17-23)7-8-25(27)31(29(19)33(21(3)38)40-34(4,5)6)26-9-10-28-30-22(12-14-39-28)11-13-37-32(26)30;2*1-17(32)28(35-30(2,3)4)26-22-13-16-34-29(22)20-8-6-5-7-19(20)25(26)21-9-10-23-24-18(12-15-33-23)11-14-31-27(21)24/h2*7-11,13,15-18,33H,12,14H2,1-6H3;2*5-11,14,28H,12-13,15-16H2,1-4H3/t2*33-;2*28-/m1111/s1. The third kappa shape index (κ3) is 19.0. The van der Waals surface area contributed by atoms with E-state index in [1.807, 2.05) is 181 Å². The number of fused-ring (bicyclic) bond motifs is 8. The molecule has 6 aromatic heterocycles. The van der Waals surface area contributed by atoms with Gasteiger partial charge in [0.15, 0.2) is 23.1 Å². The summed E-state index contributed by atoms with van der Waals surface area (Å²) in [6.45, 7) is 42.5. The van der Waals surface area contributed by atoms with Crippen LogP contribution in [-0.4, -0.2) is 125 Å². The van der Waals surface area contributed by atoms with E-state index in [1.165, 1.54) is 22.3 Å². The predicted molar refractivity (Wildman–Crippen MR) is 592 cm³/mol. The summed E-state index contributed by atoms with van der Waals surface area (Å²) in [5.74, 6) is 5.04. The lowest BCUT2D eigenvalue weighted by molar-refractivity contribution is -0.139. The van der Waals surface area contributed by atoms with E-state index in [0.717, 1.165) is 282 Å². The van der Waals surface area contributed by atoms with E-state index in [-0.39, 0.29) is 23.1 Å². The van der Waals surface area contributed by atoms with Gasteiger partial charge in [-0.1, -0.05) is 84.9 Å². The Morgan fingerprint density at radius 3 is 0.820 bits per heavy atom. The molecule has 12 heterocycles. The minimum absolute atomic E-state index is 0.0235. The van der Waals surface area contributed by atoms with Crippen LogP contribution in [0.2, 0.25) is 0 Å². The predicted octanol–water partition coefficient (Wildman–Crippen LogP) is 27.8. The van der Waals surface area contributed by atoms with Crippen molar-refractivity contribution in [3.05, 3.63) is 298 Å². The summed E-state index contributed by atoms with van der Waals surface area (Å²) in [7, 11) is 0. The summed E-state index contributed by atoms with van der Waals surface area (Å²) in [6.07, 6.45) is 19.9. The van der Waals surface area contributed by atoms with E-state index >= 15 is 0 Å². The molecule has 0 bridgehead atoms. The van der Waals surface area contributed by atoms with Crippen LogP contribution in [0.1, 0.15) is 213 Å². The average molecular weight is 2000 g/mol. The molecule has 18 aromatic rings. The summed E-state index contributed by atoms with van der Waals surface area (Å²) in [5, 5.41) is 12.6. The number of benzene rings is 12. The summed E-state index contributed by atoms with van der Waals surface area (Å²) in [6, 6.07) is 54.2. The first-order valence-electron chi connectivity index (χ1n) is 51.9. The van der Waals surface area contributed by atoms with E-state index in [4.69, 9.17) is 67.3 Å². The van der Waals surface area contributed by atoms with E-state index in [1.54, 1.807) is 40.3 Å². The van der Waals surface area contributed by atoms with E-state index in [0.29, 0.717) is 39.6 Å². The molecular formula is C128H124N8O14. The Morgan fingerprint density at radius 2 is 0.540 bits per heavy atom. The van der Waals surface area contributed by atoms with Crippen molar-refractivity contribution in [1.29, 1.82) is 0 Å². The van der Waals surface area contributed by atoms with Crippen LogP contribution in [0.4, 0.5) is 0 Å². The quantitative estimate of drug-likeness (QED) is 0.0772. The number of carbonyl (C=O) groups is 4. The highest BCUT2D eigenvalue weighted by Crippen LogP contribution is 2.56. The lowest BCUT2D eigenvalue weighted by atomic mass is 9.83. The molecule has 0 amide bonds. The fraction of sp³-hybridized carbons (Fsp3) is 0.312. The van der Waals surface area contributed by atoms with E-state index in [2.05, 4.69) is 157 Å². The smallest absolute Gasteiger partial charge is 0.163 e. The van der Waals surface area contributed by atoms with Crippen LogP contribution in [0.25, 0.3) is 153 Å². The van der Waals surface area contributed by atoms with Crippen LogP contribution in [0.15, 0.2) is 220 Å². The maximum Gasteiger partial charge on any atom is 0.163 e. The van der Waals surface area contributed by atoms with Crippen molar-refractivity contribution >= 4 is 110 Å². The van der Waals surface area contributed by atoms with Gasteiger partial charge < -0.3 is 47.4 Å². The number of pyridine rings is 4. The molecule has 22 heteroatoms. The molecule has 6 aliphatic heterocycles. The molecule has 22 nitrogen and oxygen atoms in total. The van der Waals surface area contributed by atoms with Gasteiger partial charge in [0.2, 0.25) is 0 Å². The maximum absolute atomic E-state index is 13.3. The molecule has 760 valence electrons. The first kappa shape index (κ1) is 101. The van der Waals surface area contributed by atoms with Gasteiger partial charge in [-0.2, -0.15) is 0 Å². The highest BCUT2D eigenvalue weighted by molar-refractivity contribution is 6.16. The number of aromatic nitrogens is 8. The van der Waals surface area contributed by atoms with Crippen LogP contribution < -0.4 is 28.4 Å². The molecule has 0 N–H and O–H groups in total. The van der Waals surface area contributed by atoms with Crippen LogP contribution in [0.5, 0.6) is 34.5 Å². The van der Waals surface area contributed by atoms with Gasteiger partial charge in [0.25, 0.3) is 0 Å². The molecule has 24 rings (SSSR count). The molecule has 150 heavy (non-hydrogen) atoms. The van der Waals surface area contributed by atoms with E-state index in [9.17, 15) is 19.2 Å². The topological polar surface area (TPSA) is 264 Å². The zero-order valence-corrected chi connectivity index (χ0v) is 88.9. The van der Waals surface area contributed by atoms with Crippen molar-refractivity contribution in [2.45, 2.75) is 224 Å². The number of hydrogen-bond donors (Lipinski definition) is 0.